The van der Waals surface area contributed by atoms with E-state index in [-0.39, 0.29) is 23.6 Å². The number of aromatic nitrogens is 1. The first-order valence-corrected chi connectivity index (χ1v) is 7.59. The molecule has 2 nitrogen and oxygen atoms in total. The van der Waals surface area contributed by atoms with E-state index in [0.29, 0.717) is 0 Å². The van der Waals surface area contributed by atoms with Gasteiger partial charge in [-0.15, -0.1) is 0 Å². The molecule has 1 aliphatic heterocycles. The van der Waals surface area contributed by atoms with Gasteiger partial charge in [-0.25, -0.2) is 0 Å². The zero-order valence-corrected chi connectivity index (χ0v) is 12.2. The van der Waals surface area contributed by atoms with E-state index in [4.69, 9.17) is 0 Å². The molecule has 2 heterocycles. The number of halogens is 3. The molecule has 0 radical (unpaired) electrons. The summed E-state index contributed by atoms with van der Waals surface area (Å²) < 4.78 is 40.1. The van der Waals surface area contributed by atoms with Gasteiger partial charge in [0.05, 0.1) is 17.3 Å². The molecule has 2 aliphatic rings. The molecular weight excluding hydrogens is 301 g/mol. The van der Waals surface area contributed by atoms with Gasteiger partial charge in [0, 0.05) is 18.3 Å². The van der Waals surface area contributed by atoms with Crippen LogP contribution in [0.1, 0.15) is 35.1 Å². The van der Waals surface area contributed by atoms with Crippen molar-refractivity contribution in [3.63, 3.8) is 0 Å². The third kappa shape index (κ3) is 2.31. The summed E-state index contributed by atoms with van der Waals surface area (Å²) in [6.07, 6.45) is 3.97. The van der Waals surface area contributed by atoms with Gasteiger partial charge in [0.1, 0.15) is 0 Å². The third-order valence-corrected chi connectivity index (χ3v) is 4.77. The van der Waals surface area contributed by atoms with Crippen LogP contribution in [0.5, 0.6) is 0 Å². The van der Waals surface area contributed by atoms with Crippen LogP contribution in [0, 0.1) is 5.92 Å². The summed E-state index contributed by atoms with van der Waals surface area (Å²) in [6, 6.07) is 8.04. The Morgan fingerprint density at radius 3 is 2.61 bits per heavy atom. The van der Waals surface area contributed by atoms with E-state index >= 15 is 0 Å². The first-order chi connectivity index (χ1) is 11.1. The minimum atomic E-state index is -4.36. The molecule has 1 N–H and O–H groups in total. The molecule has 0 unspecified atom stereocenters. The van der Waals surface area contributed by atoms with Gasteiger partial charge in [-0.1, -0.05) is 24.3 Å². The molecule has 23 heavy (non-hydrogen) atoms. The van der Waals surface area contributed by atoms with E-state index < -0.39 is 11.7 Å². The molecule has 118 valence electrons. The number of nitrogens with zero attached hydrogens (tertiary/aromatic N) is 1. The van der Waals surface area contributed by atoms with E-state index in [9.17, 15) is 13.2 Å². The fourth-order valence-electron chi connectivity index (χ4n) is 3.76. The van der Waals surface area contributed by atoms with Gasteiger partial charge in [0.25, 0.3) is 0 Å². The smallest absolute Gasteiger partial charge is 0.377 e. The van der Waals surface area contributed by atoms with E-state index in [1.807, 2.05) is 18.2 Å². The van der Waals surface area contributed by atoms with Gasteiger partial charge in [-0.05, 0) is 41.7 Å². The van der Waals surface area contributed by atoms with Crippen molar-refractivity contribution in [3.8, 4) is 0 Å². The van der Waals surface area contributed by atoms with E-state index in [1.165, 1.54) is 6.07 Å². The molecule has 1 aromatic carbocycles. The lowest BCUT2D eigenvalue weighted by Gasteiger charge is -2.38. The van der Waals surface area contributed by atoms with Crippen LogP contribution < -0.4 is 5.32 Å². The van der Waals surface area contributed by atoms with Crippen LogP contribution in [0.4, 0.5) is 18.9 Å². The number of hydrogen-bond acceptors (Lipinski definition) is 2. The van der Waals surface area contributed by atoms with Crippen LogP contribution in [-0.4, -0.2) is 4.98 Å². The Kier molecular flexibility index (Phi) is 3.18. The molecule has 0 fully saturated rings. The summed E-state index contributed by atoms with van der Waals surface area (Å²) in [4.78, 5) is 4.00. The SMILES string of the molecule is FC(F)(F)c1cccc2c1N[C@H](c1ccncc1)[C@@H]1CC=C[C@H]21. The lowest BCUT2D eigenvalue weighted by molar-refractivity contribution is -0.137. The van der Waals surface area contributed by atoms with E-state index in [0.717, 1.165) is 23.6 Å². The van der Waals surface area contributed by atoms with Gasteiger partial charge in [0.2, 0.25) is 0 Å². The second-order valence-corrected chi connectivity index (χ2v) is 6.02. The molecule has 0 amide bonds. The molecule has 1 aliphatic carbocycles. The Morgan fingerprint density at radius 2 is 1.87 bits per heavy atom. The molecule has 4 rings (SSSR count). The average Bonchev–Trinajstić information content (AvgIpc) is 3.03. The topological polar surface area (TPSA) is 24.9 Å². The lowest BCUT2D eigenvalue weighted by atomic mass is 9.76. The number of para-hydroxylation sites is 1. The van der Waals surface area contributed by atoms with E-state index in [2.05, 4.69) is 16.4 Å². The number of anilines is 1. The molecule has 5 heteroatoms. The maximum absolute atomic E-state index is 13.4. The Hall–Kier alpha value is -2.30. The zero-order valence-electron chi connectivity index (χ0n) is 12.2. The Morgan fingerprint density at radius 1 is 1.09 bits per heavy atom. The molecule has 0 bridgehead atoms. The summed E-state index contributed by atoms with van der Waals surface area (Å²) in [5, 5.41) is 3.17. The Balaban J connectivity index is 1.86. The highest BCUT2D eigenvalue weighted by molar-refractivity contribution is 5.65. The normalized spacial score (nSPS) is 25.6. The van der Waals surface area contributed by atoms with Crippen molar-refractivity contribution in [3.05, 3.63) is 71.6 Å². The predicted molar refractivity (Wildman–Crippen MR) is 82.0 cm³/mol. The van der Waals surface area contributed by atoms with Crippen molar-refractivity contribution < 1.29 is 13.2 Å². The third-order valence-electron chi connectivity index (χ3n) is 4.77. The molecule has 0 spiro atoms. The highest BCUT2D eigenvalue weighted by Crippen LogP contribution is 2.52. The maximum atomic E-state index is 13.4. The first kappa shape index (κ1) is 14.3. The summed E-state index contributed by atoms with van der Waals surface area (Å²) in [6.45, 7) is 0. The summed E-state index contributed by atoms with van der Waals surface area (Å²) in [5.74, 6) is 0.250. The summed E-state index contributed by atoms with van der Waals surface area (Å²) in [5.41, 5.74) is 1.34. The van der Waals surface area contributed by atoms with Gasteiger partial charge in [-0.3, -0.25) is 4.98 Å². The lowest BCUT2D eigenvalue weighted by Crippen LogP contribution is -2.30. The van der Waals surface area contributed by atoms with Gasteiger partial charge < -0.3 is 5.32 Å². The minimum Gasteiger partial charge on any atom is -0.377 e. The second-order valence-electron chi connectivity index (χ2n) is 6.02. The fourth-order valence-corrected chi connectivity index (χ4v) is 3.76. The Labute approximate surface area is 132 Å². The predicted octanol–water partition coefficient (Wildman–Crippen LogP) is 4.93. The van der Waals surface area contributed by atoms with Gasteiger partial charge in [0.15, 0.2) is 0 Å². The first-order valence-electron chi connectivity index (χ1n) is 7.59. The standard InChI is InChI=1S/C18H15F3N2/c19-18(20,21)15-6-2-5-14-12-3-1-4-13(12)16(23-17(14)15)11-7-9-22-10-8-11/h1-3,5-10,12-13,16,23H,4H2/t12-,13+,16+/m0/s1. The van der Waals surface area contributed by atoms with Crippen LogP contribution in [0.3, 0.4) is 0 Å². The summed E-state index contributed by atoms with van der Waals surface area (Å²) in [7, 11) is 0. The number of nitrogens with one attached hydrogen (secondary N) is 1. The van der Waals surface area contributed by atoms with E-state index in [1.54, 1.807) is 18.5 Å². The van der Waals surface area contributed by atoms with Crippen LogP contribution in [0.2, 0.25) is 0 Å². The number of alkyl halides is 3. The number of fused-ring (bicyclic) bond motifs is 3. The molecule has 1 aromatic heterocycles. The van der Waals surface area contributed by atoms with Crippen LogP contribution in [0.25, 0.3) is 0 Å². The highest BCUT2D eigenvalue weighted by Gasteiger charge is 2.42. The molecule has 2 aromatic rings. The Bertz CT molecular complexity index is 753. The maximum Gasteiger partial charge on any atom is 0.418 e. The van der Waals surface area contributed by atoms with Gasteiger partial charge >= 0.3 is 6.18 Å². The number of rotatable bonds is 1. The number of allylic oxidation sites excluding steroid dienone is 2. The number of hydrogen-bond donors (Lipinski definition) is 1. The zero-order chi connectivity index (χ0) is 16.0. The van der Waals surface area contributed by atoms with Crippen LogP contribution >= 0.6 is 0 Å². The van der Waals surface area contributed by atoms with Gasteiger partial charge in [-0.2, -0.15) is 13.2 Å². The van der Waals surface area contributed by atoms with Crippen molar-refractivity contribution in [2.24, 2.45) is 5.92 Å². The quantitative estimate of drug-likeness (QED) is 0.755. The van der Waals surface area contributed by atoms with Crippen molar-refractivity contribution >= 4 is 5.69 Å². The van der Waals surface area contributed by atoms with Crippen molar-refractivity contribution in [2.45, 2.75) is 24.6 Å². The number of pyridine rings is 1. The number of benzene rings is 1. The molecule has 0 saturated heterocycles. The average molecular weight is 316 g/mol. The largest absolute Gasteiger partial charge is 0.418 e. The molecular formula is C18H15F3N2. The summed E-state index contributed by atoms with van der Waals surface area (Å²) >= 11 is 0. The van der Waals surface area contributed by atoms with Crippen molar-refractivity contribution in [2.75, 3.05) is 5.32 Å². The minimum absolute atomic E-state index is 0.0201. The fraction of sp³-hybridized carbons (Fsp3) is 0.278. The molecule has 3 atom stereocenters. The second kappa shape index (κ2) is 5.11. The van der Waals surface area contributed by atoms with Crippen LogP contribution in [0.15, 0.2) is 54.9 Å². The highest BCUT2D eigenvalue weighted by atomic mass is 19.4. The van der Waals surface area contributed by atoms with Crippen molar-refractivity contribution in [1.29, 1.82) is 0 Å². The van der Waals surface area contributed by atoms with Crippen LogP contribution in [-0.2, 0) is 6.18 Å². The monoisotopic (exact) mass is 316 g/mol. The van der Waals surface area contributed by atoms with Crippen molar-refractivity contribution in [1.82, 2.24) is 4.98 Å². The molecule has 0 saturated carbocycles.